The summed E-state index contributed by atoms with van der Waals surface area (Å²) in [6.07, 6.45) is 3.99. The van der Waals surface area contributed by atoms with E-state index in [0.717, 1.165) is 25.7 Å². The molecule has 2 fully saturated rings. The van der Waals surface area contributed by atoms with E-state index < -0.39 is 16.3 Å². The molecule has 0 N–H and O–H groups in total. The molecule has 9 heteroatoms. The number of ether oxygens (including phenoxy) is 1. The molecule has 1 aromatic rings. The van der Waals surface area contributed by atoms with Gasteiger partial charge in [0.1, 0.15) is 6.04 Å². The average molecular weight is 330 g/mol. The third-order valence-electron chi connectivity index (χ3n) is 4.09. The molecule has 0 aliphatic carbocycles. The molecule has 0 saturated carbocycles. The Labute approximate surface area is 130 Å². The van der Waals surface area contributed by atoms with Crippen LogP contribution in [0.1, 0.15) is 43.5 Å². The van der Waals surface area contributed by atoms with Crippen molar-refractivity contribution in [2.75, 3.05) is 32.8 Å². The number of morpholine rings is 1. The quantitative estimate of drug-likeness (QED) is 0.817. The van der Waals surface area contributed by atoms with Crippen LogP contribution in [0.15, 0.2) is 4.42 Å². The van der Waals surface area contributed by atoms with E-state index in [4.69, 9.17) is 9.15 Å². The Hall–Kier alpha value is -1.03. The molecule has 0 radical (unpaired) electrons. The Kier molecular flexibility index (Phi) is 4.76. The molecule has 22 heavy (non-hydrogen) atoms. The van der Waals surface area contributed by atoms with Crippen molar-refractivity contribution in [2.45, 2.75) is 38.6 Å². The Balaban J connectivity index is 1.85. The van der Waals surface area contributed by atoms with E-state index in [9.17, 15) is 8.42 Å². The lowest BCUT2D eigenvalue weighted by atomic mass is 10.2. The Morgan fingerprint density at radius 2 is 1.82 bits per heavy atom. The van der Waals surface area contributed by atoms with Crippen molar-refractivity contribution in [3.63, 3.8) is 0 Å². The smallest absolute Gasteiger partial charge is 0.282 e. The fourth-order valence-corrected chi connectivity index (χ4v) is 4.72. The first-order valence-electron chi connectivity index (χ1n) is 7.74. The highest BCUT2D eigenvalue weighted by Crippen LogP contribution is 2.28. The minimum Gasteiger partial charge on any atom is -0.424 e. The van der Waals surface area contributed by atoms with Gasteiger partial charge in [0, 0.05) is 26.6 Å². The normalized spacial score (nSPS) is 26.0. The van der Waals surface area contributed by atoms with Crippen LogP contribution in [0.3, 0.4) is 0 Å². The van der Waals surface area contributed by atoms with Gasteiger partial charge in [-0.05, 0) is 12.8 Å². The minimum absolute atomic E-state index is 0.245. The molecule has 1 aromatic heterocycles. The van der Waals surface area contributed by atoms with Crippen molar-refractivity contribution in [3.8, 4) is 0 Å². The van der Waals surface area contributed by atoms with Gasteiger partial charge in [0.2, 0.25) is 11.8 Å². The second-order valence-electron chi connectivity index (χ2n) is 5.68. The predicted octanol–water partition coefficient (Wildman–Crippen LogP) is 0.872. The molecule has 2 aliphatic rings. The molecule has 3 rings (SSSR count). The van der Waals surface area contributed by atoms with Crippen LogP contribution in [0.5, 0.6) is 0 Å². The van der Waals surface area contributed by atoms with Gasteiger partial charge >= 0.3 is 0 Å². The lowest BCUT2D eigenvalue weighted by molar-refractivity contribution is 0.0193. The van der Waals surface area contributed by atoms with Crippen molar-refractivity contribution < 1.29 is 17.6 Å². The van der Waals surface area contributed by atoms with Gasteiger partial charge in [0.15, 0.2) is 0 Å². The molecule has 2 aliphatic heterocycles. The highest BCUT2D eigenvalue weighted by Gasteiger charge is 2.40. The molecule has 1 unspecified atom stereocenters. The summed E-state index contributed by atoms with van der Waals surface area (Å²) in [5.41, 5.74) is 0. The van der Waals surface area contributed by atoms with E-state index in [-0.39, 0.29) is 6.61 Å². The van der Waals surface area contributed by atoms with E-state index >= 15 is 0 Å². The molecule has 2 saturated heterocycles. The molecule has 0 spiro atoms. The van der Waals surface area contributed by atoms with Crippen LogP contribution in [0.2, 0.25) is 0 Å². The fraction of sp³-hybridized carbons (Fsp3) is 0.846. The van der Waals surface area contributed by atoms with Crippen molar-refractivity contribution in [1.29, 1.82) is 0 Å². The van der Waals surface area contributed by atoms with Crippen LogP contribution < -0.4 is 0 Å². The first-order valence-corrected chi connectivity index (χ1v) is 9.13. The Bertz CT molecular complexity index is 595. The van der Waals surface area contributed by atoms with Crippen molar-refractivity contribution in [2.24, 2.45) is 0 Å². The van der Waals surface area contributed by atoms with E-state index in [0.29, 0.717) is 38.0 Å². The monoisotopic (exact) mass is 330 g/mol. The zero-order chi connectivity index (χ0) is 15.6. The number of rotatable bonds is 3. The second kappa shape index (κ2) is 6.61. The van der Waals surface area contributed by atoms with Crippen LogP contribution in [0.4, 0.5) is 0 Å². The molecule has 8 nitrogen and oxygen atoms in total. The zero-order valence-electron chi connectivity index (χ0n) is 12.8. The summed E-state index contributed by atoms with van der Waals surface area (Å²) in [5, 5.41) is 7.77. The van der Waals surface area contributed by atoms with Gasteiger partial charge in [-0.2, -0.15) is 17.0 Å². The van der Waals surface area contributed by atoms with Gasteiger partial charge in [0.25, 0.3) is 10.2 Å². The van der Waals surface area contributed by atoms with Crippen molar-refractivity contribution in [1.82, 2.24) is 18.8 Å². The van der Waals surface area contributed by atoms with Gasteiger partial charge < -0.3 is 9.15 Å². The summed E-state index contributed by atoms with van der Waals surface area (Å²) in [5.74, 6) is 0.725. The van der Waals surface area contributed by atoms with Crippen LogP contribution in [0.25, 0.3) is 0 Å². The molecular formula is C13H22N4O4S. The van der Waals surface area contributed by atoms with Gasteiger partial charge in [-0.3, -0.25) is 0 Å². The van der Waals surface area contributed by atoms with E-state index in [2.05, 4.69) is 10.2 Å². The topological polar surface area (TPSA) is 88.8 Å². The first-order chi connectivity index (χ1) is 10.6. The van der Waals surface area contributed by atoms with Gasteiger partial charge in [-0.25, -0.2) is 0 Å². The zero-order valence-corrected chi connectivity index (χ0v) is 13.6. The van der Waals surface area contributed by atoms with Crippen molar-refractivity contribution >= 4 is 10.2 Å². The first kappa shape index (κ1) is 15.9. The largest absolute Gasteiger partial charge is 0.424 e. The Morgan fingerprint density at radius 1 is 1.09 bits per heavy atom. The summed E-state index contributed by atoms with van der Waals surface area (Å²) < 4.78 is 39.9. The summed E-state index contributed by atoms with van der Waals surface area (Å²) in [6, 6.07) is -0.539. The van der Waals surface area contributed by atoms with Crippen molar-refractivity contribution in [3.05, 3.63) is 11.8 Å². The van der Waals surface area contributed by atoms with Gasteiger partial charge in [-0.1, -0.05) is 12.8 Å². The maximum absolute atomic E-state index is 13.0. The average Bonchev–Trinajstić information content (AvgIpc) is 2.77. The lowest BCUT2D eigenvalue weighted by Crippen LogP contribution is -2.50. The van der Waals surface area contributed by atoms with E-state index in [1.165, 1.54) is 4.31 Å². The van der Waals surface area contributed by atoms with E-state index in [1.54, 1.807) is 11.2 Å². The minimum atomic E-state index is -3.54. The SMILES string of the molecule is Cc1nnc(C2COCCN2S(=O)(=O)N2CCCCCC2)o1. The molecule has 3 heterocycles. The van der Waals surface area contributed by atoms with Crippen LogP contribution >= 0.6 is 0 Å². The lowest BCUT2D eigenvalue weighted by Gasteiger charge is -2.35. The third-order valence-corrected chi connectivity index (χ3v) is 6.14. The molecular weight excluding hydrogens is 308 g/mol. The highest BCUT2D eigenvalue weighted by atomic mass is 32.2. The Morgan fingerprint density at radius 3 is 2.45 bits per heavy atom. The summed E-state index contributed by atoms with van der Waals surface area (Å²) in [4.78, 5) is 0. The molecule has 0 aromatic carbocycles. The molecule has 0 amide bonds. The number of hydrogen-bond donors (Lipinski definition) is 0. The molecule has 0 bridgehead atoms. The summed E-state index contributed by atoms with van der Waals surface area (Å²) in [6.45, 7) is 3.79. The number of nitrogens with zero attached hydrogens (tertiary/aromatic N) is 4. The predicted molar refractivity (Wildman–Crippen MR) is 78.3 cm³/mol. The van der Waals surface area contributed by atoms with E-state index in [1.807, 2.05) is 0 Å². The van der Waals surface area contributed by atoms with Gasteiger partial charge in [-0.15, -0.1) is 10.2 Å². The standard InChI is InChI=1S/C13H22N4O4S/c1-11-14-15-13(21-11)12-10-20-9-8-17(12)22(18,19)16-6-4-2-3-5-7-16/h12H,2-10H2,1H3. The van der Waals surface area contributed by atoms with Gasteiger partial charge in [0.05, 0.1) is 13.2 Å². The molecule has 1 atom stereocenters. The maximum atomic E-state index is 13.0. The fourth-order valence-electron chi connectivity index (χ4n) is 2.93. The summed E-state index contributed by atoms with van der Waals surface area (Å²) in [7, 11) is -3.54. The number of aryl methyl sites for hydroxylation is 1. The maximum Gasteiger partial charge on any atom is 0.282 e. The second-order valence-corrected chi connectivity index (χ2v) is 7.56. The number of aromatic nitrogens is 2. The van der Waals surface area contributed by atoms with Crippen LogP contribution in [-0.2, 0) is 14.9 Å². The van der Waals surface area contributed by atoms with Crippen LogP contribution in [0, 0.1) is 6.92 Å². The number of hydrogen-bond acceptors (Lipinski definition) is 6. The third kappa shape index (κ3) is 3.17. The summed E-state index contributed by atoms with van der Waals surface area (Å²) >= 11 is 0. The van der Waals surface area contributed by atoms with Crippen LogP contribution in [-0.4, -0.2) is 60.1 Å². The molecule has 124 valence electrons. The highest BCUT2D eigenvalue weighted by molar-refractivity contribution is 7.86.